The van der Waals surface area contributed by atoms with E-state index in [0.29, 0.717) is 40.7 Å². The second kappa shape index (κ2) is 17.5. The predicted octanol–water partition coefficient (Wildman–Crippen LogP) is 7.26. The fraction of sp³-hybridized carbons (Fsp3) is 0.205. The third kappa shape index (κ3) is 8.98. The van der Waals surface area contributed by atoms with Crippen LogP contribution in [0.3, 0.4) is 0 Å². The molecule has 1 aromatic heterocycles. The molecule has 0 bridgehead atoms. The molecule has 4 aromatic carbocycles. The number of benzene rings is 4. The minimum atomic E-state index is -1.20. The Labute approximate surface area is 314 Å². The molecule has 1 fully saturated rings. The molecule has 0 saturated carbocycles. The highest BCUT2D eigenvalue weighted by molar-refractivity contribution is 6.12. The van der Waals surface area contributed by atoms with Crippen molar-refractivity contribution in [2.24, 2.45) is 5.73 Å². The molecule has 0 spiro atoms. The number of carboxylic acid groups (broad SMARTS) is 1. The molecule has 5 N–H and O–H groups in total. The Kier molecular flexibility index (Phi) is 13.2. The SMILES string of the molecule is CC(=N)N1CCC(Oc2ccc(N(Cc3nc4cc(C(=N)N)ccc4n3C/C=C/c3ccccc3)C(=O)c3ccccc3C(=O)O)cc2)CC1.Cl.Cl. The maximum Gasteiger partial charge on any atom is 0.336 e. The summed E-state index contributed by atoms with van der Waals surface area (Å²) in [4.78, 5) is 35.0. The number of likely N-dealkylation sites (tertiary alicyclic amines) is 1. The first-order valence-corrected chi connectivity index (χ1v) is 16.4. The molecule has 270 valence electrons. The number of hydrogen-bond acceptors (Lipinski definition) is 6. The predicted molar refractivity (Wildman–Crippen MR) is 210 cm³/mol. The van der Waals surface area contributed by atoms with Gasteiger partial charge in [0.05, 0.1) is 34.5 Å². The lowest BCUT2D eigenvalue weighted by molar-refractivity contribution is 0.0692. The van der Waals surface area contributed by atoms with Crippen LogP contribution in [0.15, 0.2) is 103 Å². The van der Waals surface area contributed by atoms with Crippen LogP contribution in [0, 0.1) is 10.8 Å². The molecule has 1 amide bonds. The normalized spacial score (nSPS) is 12.9. The monoisotopic (exact) mass is 741 g/mol. The van der Waals surface area contributed by atoms with Crippen molar-refractivity contribution in [2.45, 2.75) is 39.0 Å². The lowest BCUT2D eigenvalue weighted by atomic mass is 10.1. The third-order valence-corrected chi connectivity index (χ3v) is 8.84. The summed E-state index contributed by atoms with van der Waals surface area (Å²) in [6, 6.07) is 28.7. The van der Waals surface area contributed by atoms with E-state index in [9.17, 15) is 14.7 Å². The van der Waals surface area contributed by atoms with Gasteiger partial charge in [0.2, 0.25) is 0 Å². The highest BCUT2D eigenvalue weighted by atomic mass is 35.5. The summed E-state index contributed by atoms with van der Waals surface area (Å²) < 4.78 is 8.27. The molecule has 6 rings (SSSR count). The van der Waals surface area contributed by atoms with Gasteiger partial charge in [0.25, 0.3) is 5.91 Å². The van der Waals surface area contributed by atoms with Crippen molar-refractivity contribution in [3.63, 3.8) is 0 Å². The molecule has 11 nitrogen and oxygen atoms in total. The Morgan fingerprint density at radius 2 is 1.60 bits per heavy atom. The van der Waals surface area contributed by atoms with Gasteiger partial charge in [0.15, 0.2) is 0 Å². The number of rotatable bonds is 11. The van der Waals surface area contributed by atoms with Crippen LogP contribution in [0.5, 0.6) is 5.75 Å². The van der Waals surface area contributed by atoms with Gasteiger partial charge in [-0.15, -0.1) is 24.8 Å². The Bertz CT molecular complexity index is 2080. The van der Waals surface area contributed by atoms with Crippen LogP contribution in [-0.4, -0.2) is 62.3 Å². The number of aromatic carboxylic acids is 1. The van der Waals surface area contributed by atoms with Gasteiger partial charge in [0, 0.05) is 43.7 Å². The Morgan fingerprint density at radius 1 is 0.942 bits per heavy atom. The van der Waals surface area contributed by atoms with Crippen molar-refractivity contribution in [3.05, 3.63) is 131 Å². The molecule has 13 heteroatoms. The fourth-order valence-corrected chi connectivity index (χ4v) is 6.16. The van der Waals surface area contributed by atoms with Crippen LogP contribution in [-0.2, 0) is 13.1 Å². The standard InChI is InChI=1S/C39H39N7O4.2ClH/c1-26(40)44-22-19-31(20-23-44)50-30-16-14-29(15-17-30)46(38(47)32-11-5-6-12-33(32)39(48)49)25-36-43-34-24-28(37(41)42)13-18-35(34)45(36)21-7-10-27-8-3-2-4-9-27;;/h2-18,24,31,40H,19-23,25H2,1H3,(H3,41,42)(H,48,49);2*1H/b10-7+,40-26?;;. The number of hydrogen-bond donors (Lipinski definition) is 4. The zero-order valence-electron chi connectivity index (χ0n) is 28.6. The zero-order valence-corrected chi connectivity index (χ0v) is 30.2. The number of carbonyl (C=O) groups excluding carboxylic acids is 1. The number of amidine groups is 2. The van der Waals surface area contributed by atoms with Gasteiger partial charge < -0.3 is 29.9 Å². The largest absolute Gasteiger partial charge is 0.490 e. The number of nitrogens with zero attached hydrogens (tertiary/aromatic N) is 4. The number of piperidine rings is 1. The van der Waals surface area contributed by atoms with Crippen molar-refractivity contribution in [1.29, 1.82) is 10.8 Å². The molecular weight excluding hydrogens is 701 g/mol. The Balaban J connectivity index is 0.00000302. The minimum absolute atomic E-state index is 0. The van der Waals surface area contributed by atoms with Crippen LogP contribution in [0.2, 0.25) is 0 Å². The van der Waals surface area contributed by atoms with E-state index in [2.05, 4.69) is 0 Å². The van der Waals surface area contributed by atoms with Crippen LogP contribution in [0.1, 0.15) is 57.4 Å². The fourth-order valence-electron chi connectivity index (χ4n) is 6.16. The van der Waals surface area contributed by atoms with Crippen LogP contribution >= 0.6 is 24.8 Å². The number of ether oxygens (including phenoxy) is 1. The highest BCUT2D eigenvalue weighted by Crippen LogP contribution is 2.28. The highest BCUT2D eigenvalue weighted by Gasteiger charge is 2.26. The molecule has 0 atom stereocenters. The number of imidazole rings is 1. The summed E-state index contributed by atoms with van der Waals surface area (Å²) >= 11 is 0. The number of nitrogens with two attached hydrogens (primary N) is 1. The summed E-state index contributed by atoms with van der Waals surface area (Å²) in [6.07, 6.45) is 5.65. The second-order valence-corrected chi connectivity index (χ2v) is 12.2. The van der Waals surface area contributed by atoms with E-state index in [4.69, 9.17) is 26.3 Å². The lowest BCUT2D eigenvalue weighted by Gasteiger charge is -2.33. The summed E-state index contributed by atoms with van der Waals surface area (Å²) in [5, 5.41) is 25.8. The maximum atomic E-state index is 14.3. The van der Waals surface area contributed by atoms with E-state index in [1.165, 1.54) is 17.0 Å². The molecule has 1 saturated heterocycles. The number of nitrogens with one attached hydrogen (secondary N) is 2. The molecule has 1 aliphatic heterocycles. The summed E-state index contributed by atoms with van der Waals surface area (Å²) in [6.45, 7) is 3.79. The number of fused-ring (bicyclic) bond motifs is 1. The first kappa shape index (κ1) is 39.1. The maximum absolute atomic E-state index is 14.3. The number of nitrogen functional groups attached to an aromatic ring is 1. The van der Waals surface area contributed by atoms with Crippen LogP contribution in [0.4, 0.5) is 5.69 Å². The topological polar surface area (TPSA) is 162 Å². The van der Waals surface area contributed by atoms with E-state index in [1.807, 2.05) is 70.1 Å². The molecule has 52 heavy (non-hydrogen) atoms. The van der Waals surface area contributed by atoms with Gasteiger partial charge >= 0.3 is 5.97 Å². The average Bonchev–Trinajstić information content (AvgIpc) is 3.47. The van der Waals surface area contributed by atoms with E-state index in [0.717, 1.165) is 37.0 Å². The van der Waals surface area contributed by atoms with Crippen LogP contribution < -0.4 is 15.4 Å². The average molecular weight is 743 g/mol. The first-order valence-electron chi connectivity index (χ1n) is 16.4. The van der Waals surface area contributed by atoms with Gasteiger partial charge in [-0.3, -0.25) is 15.6 Å². The number of amides is 1. The van der Waals surface area contributed by atoms with E-state index in [1.54, 1.807) is 43.3 Å². The third-order valence-electron chi connectivity index (χ3n) is 8.84. The van der Waals surface area contributed by atoms with E-state index < -0.39 is 11.9 Å². The molecule has 2 heterocycles. The molecule has 0 aliphatic carbocycles. The zero-order chi connectivity index (χ0) is 35.2. The number of carboxylic acids is 1. The Morgan fingerprint density at radius 3 is 2.23 bits per heavy atom. The van der Waals surface area contributed by atoms with Gasteiger partial charge in [-0.2, -0.15) is 0 Å². The van der Waals surface area contributed by atoms with Crippen molar-refractivity contribution >= 4 is 71.2 Å². The minimum Gasteiger partial charge on any atom is -0.490 e. The van der Waals surface area contributed by atoms with Crippen molar-refractivity contribution in [3.8, 4) is 5.75 Å². The second-order valence-electron chi connectivity index (χ2n) is 12.2. The van der Waals surface area contributed by atoms with Crippen molar-refractivity contribution in [2.75, 3.05) is 18.0 Å². The number of allylic oxidation sites excluding steroid dienone is 1. The van der Waals surface area contributed by atoms with Crippen LogP contribution in [0.25, 0.3) is 17.1 Å². The lowest BCUT2D eigenvalue weighted by Crippen LogP contribution is -2.40. The Hall–Kier alpha value is -5.65. The van der Waals surface area contributed by atoms with Gasteiger partial charge in [-0.25, -0.2) is 9.78 Å². The van der Waals surface area contributed by atoms with E-state index >= 15 is 0 Å². The summed E-state index contributed by atoms with van der Waals surface area (Å²) in [5.74, 6) is 0.0139. The van der Waals surface area contributed by atoms with E-state index in [-0.39, 0.29) is 54.4 Å². The number of carbonyl (C=O) groups is 2. The van der Waals surface area contributed by atoms with Crippen molar-refractivity contribution < 1.29 is 19.4 Å². The first-order chi connectivity index (χ1) is 24.2. The van der Waals surface area contributed by atoms with Gasteiger partial charge in [-0.05, 0) is 67.1 Å². The summed E-state index contributed by atoms with van der Waals surface area (Å²) in [5.41, 5.74) is 9.29. The molecule has 1 aliphatic rings. The van der Waals surface area contributed by atoms with Gasteiger partial charge in [0.1, 0.15) is 23.5 Å². The molecule has 0 radical (unpaired) electrons. The van der Waals surface area contributed by atoms with Gasteiger partial charge in [-0.1, -0.05) is 54.6 Å². The summed E-state index contributed by atoms with van der Waals surface area (Å²) in [7, 11) is 0. The molecule has 5 aromatic rings. The molecule has 0 unspecified atom stereocenters. The number of halogens is 2. The quantitative estimate of drug-likeness (QED) is 0.0818. The molecular formula is C39H41Cl2N7O4. The van der Waals surface area contributed by atoms with Crippen molar-refractivity contribution in [1.82, 2.24) is 14.5 Å². The number of aromatic nitrogens is 2. The smallest absolute Gasteiger partial charge is 0.336 e. The number of anilines is 1.